The summed E-state index contributed by atoms with van der Waals surface area (Å²) in [5.74, 6) is -0.151. The monoisotopic (exact) mass is 355 g/mol. The molecule has 2 rings (SSSR count). The van der Waals surface area contributed by atoms with Crippen molar-refractivity contribution in [2.75, 3.05) is 7.11 Å². The number of benzene rings is 1. The van der Waals surface area contributed by atoms with Crippen LogP contribution in [0.4, 0.5) is 13.2 Å². The average molecular weight is 357 g/mol. The van der Waals surface area contributed by atoms with Crippen LogP contribution in [0.1, 0.15) is 5.69 Å². The molecule has 0 unspecified atom stereocenters. The first-order chi connectivity index (χ1) is 9.75. The molecule has 0 aliphatic rings. The molecule has 1 aromatic carbocycles. The number of hydrogen-bond acceptors (Lipinski definition) is 2. The topological polar surface area (TPSA) is 22.1 Å². The van der Waals surface area contributed by atoms with Crippen molar-refractivity contribution in [2.24, 2.45) is 0 Å². The van der Waals surface area contributed by atoms with Crippen LogP contribution in [0.15, 0.2) is 24.3 Å². The SMILES string of the molecule is COc1ccc(-c2ccc(Cl)c(Cl)c2Cl)c(C(F)(F)F)n1. The fourth-order valence-corrected chi connectivity index (χ4v) is 2.36. The van der Waals surface area contributed by atoms with Crippen LogP contribution in [0.5, 0.6) is 5.88 Å². The molecule has 0 N–H and O–H groups in total. The van der Waals surface area contributed by atoms with E-state index in [0.717, 1.165) is 0 Å². The second-order valence-corrected chi connectivity index (χ2v) is 5.13. The van der Waals surface area contributed by atoms with E-state index in [1.165, 1.54) is 31.4 Å². The summed E-state index contributed by atoms with van der Waals surface area (Å²) in [7, 11) is 1.23. The average Bonchev–Trinajstić information content (AvgIpc) is 2.43. The molecule has 0 saturated carbocycles. The second-order valence-electron chi connectivity index (χ2n) is 3.97. The van der Waals surface area contributed by atoms with E-state index in [0.29, 0.717) is 0 Å². The van der Waals surface area contributed by atoms with Crippen molar-refractivity contribution in [3.63, 3.8) is 0 Å². The molecule has 2 nitrogen and oxygen atoms in total. The van der Waals surface area contributed by atoms with Crippen molar-refractivity contribution in [1.29, 1.82) is 0 Å². The van der Waals surface area contributed by atoms with Gasteiger partial charge in [-0.1, -0.05) is 40.9 Å². The summed E-state index contributed by atoms with van der Waals surface area (Å²) in [6, 6.07) is 5.26. The van der Waals surface area contributed by atoms with Crippen molar-refractivity contribution in [1.82, 2.24) is 4.98 Å². The number of alkyl halides is 3. The number of methoxy groups -OCH3 is 1. The zero-order chi connectivity index (χ0) is 15.8. The number of rotatable bonds is 2. The van der Waals surface area contributed by atoms with Gasteiger partial charge >= 0.3 is 6.18 Å². The highest BCUT2D eigenvalue weighted by atomic mass is 35.5. The summed E-state index contributed by atoms with van der Waals surface area (Å²) >= 11 is 17.6. The van der Waals surface area contributed by atoms with Crippen LogP contribution >= 0.6 is 34.8 Å². The molecular weight excluding hydrogens is 350 g/mol. The van der Waals surface area contributed by atoms with E-state index in [4.69, 9.17) is 39.5 Å². The Morgan fingerprint density at radius 2 is 1.57 bits per heavy atom. The highest BCUT2D eigenvalue weighted by Crippen LogP contribution is 2.43. The summed E-state index contributed by atoms with van der Waals surface area (Å²) in [4.78, 5) is 3.45. The Kier molecular flexibility index (Phi) is 4.56. The van der Waals surface area contributed by atoms with Gasteiger partial charge in [0.15, 0.2) is 5.69 Å². The van der Waals surface area contributed by atoms with Gasteiger partial charge in [0.25, 0.3) is 0 Å². The van der Waals surface area contributed by atoms with Gasteiger partial charge in [0.05, 0.1) is 22.2 Å². The van der Waals surface area contributed by atoms with Gasteiger partial charge in [0.2, 0.25) is 5.88 Å². The molecule has 2 aromatic rings. The molecule has 8 heteroatoms. The summed E-state index contributed by atoms with van der Waals surface area (Å²) in [6.07, 6.45) is -4.67. The lowest BCUT2D eigenvalue weighted by Crippen LogP contribution is -2.11. The Balaban J connectivity index is 2.72. The number of hydrogen-bond donors (Lipinski definition) is 0. The molecule has 1 heterocycles. The van der Waals surface area contributed by atoms with E-state index in [2.05, 4.69) is 4.98 Å². The molecule has 0 aliphatic heterocycles. The number of ether oxygens (including phenoxy) is 1. The third-order valence-electron chi connectivity index (χ3n) is 2.67. The van der Waals surface area contributed by atoms with Crippen molar-refractivity contribution in [3.05, 3.63) is 45.0 Å². The number of halogens is 6. The van der Waals surface area contributed by atoms with Crippen LogP contribution in [0.25, 0.3) is 11.1 Å². The van der Waals surface area contributed by atoms with Gasteiger partial charge < -0.3 is 4.74 Å². The Hall–Kier alpha value is -1.17. The summed E-state index contributed by atoms with van der Waals surface area (Å²) in [5, 5.41) is 0.0712. The van der Waals surface area contributed by atoms with Crippen LogP contribution in [0.3, 0.4) is 0 Å². The van der Waals surface area contributed by atoms with E-state index in [1.54, 1.807) is 0 Å². The van der Waals surface area contributed by atoms with Crippen molar-refractivity contribution >= 4 is 34.8 Å². The van der Waals surface area contributed by atoms with Gasteiger partial charge in [-0.2, -0.15) is 13.2 Å². The molecule has 0 radical (unpaired) electrons. The first-order valence-corrected chi connectivity index (χ1v) is 6.65. The van der Waals surface area contributed by atoms with E-state index >= 15 is 0 Å². The van der Waals surface area contributed by atoms with Gasteiger partial charge in [0, 0.05) is 17.2 Å². The van der Waals surface area contributed by atoms with Crippen LogP contribution in [-0.2, 0) is 6.18 Å². The van der Waals surface area contributed by atoms with Crippen LogP contribution in [0, 0.1) is 0 Å². The lowest BCUT2D eigenvalue weighted by atomic mass is 10.0. The molecule has 1 aromatic heterocycles. The Morgan fingerprint density at radius 1 is 0.952 bits per heavy atom. The maximum atomic E-state index is 13.1. The first-order valence-electron chi connectivity index (χ1n) is 5.51. The Labute approximate surface area is 133 Å². The standard InChI is InChI=1S/C13H7Cl3F3NO/c1-21-9-5-3-7(12(20-9)13(17,18)19)6-2-4-8(14)11(16)10(6)15/h2-5H,1H3. The summed E-state index contributed by atoms with van der Waals surface area (Å²) in [6.45, 7) is 0. The third-order valence-corrected chi connectivity index (χ3v) is 3.97. The fourth-order valence-electron chi connectivity index (χ4n) is 1.72. The zero-order valence-corrected chi connectivity index (χ0v) is 12.7. The minimum atomic E-state index is -4.67. The maximum Gasteiger partial charge on any atom is 0.434 e. The molecule has 0 saturated heterocycles. The highest BCUT2D eigenvalue weighted by Gasteiger charge is 2.37. The molecule has 21 heavy (non-hydrogen) atoms. The Bertz CT molecular complexity index is 689. The van der Waals surface area contributed by atoms with Crippen LogP contribution in [-0.4, -0.2) is 12.1 Å². The van der Waals surface area contributed by atoms with E-state index in [9.17, 15) is 13.2 Å². The lowest BCUT2D eigenvalue weighted by Gasteiger charge is -2.15. The quantitative estimate of drug-likeness (QED) is 0.640. The number of pyridine rings is 1. The fraction of sp³-hybridized carbons (Fsp3) is 0.154. The summed E-state index contributed by atoms with van der Waals surface area (Å²) < 4.78 is 44.1. The normalized spacial score (nSPS) is 11.6. The molecule has 0 atom stereocenters. The van der Waals surface area contributed by atoms with E-state index in [1.807, 2.05) is 0 Å². The largest absolute Gasteiger partial charge is 0.481 e. The van der Waals surface area contributed by atoms with Crippen molar-refractivity contribution in [2.45, 2.75) is 6.18 Å². The molecule has 0 bridgehead atoms. The molecule has 0 fully saturated rings. The lowest BCUT2D eigenvalue weighted by molar-refractivity contribution is -0.140. The molecule has 0 amide bonds. The van der Waals surface area contributed by atoms with E-state index < -0.39 is 11.9 Å². The van der Waals surface area contributed by atoms with Gasteiger partial charge in [-0.05, 0) is 12.1 Å². The molecule has 0 aliphatic carbocycles. The molecule has 112 valence electrons. The smallest absolute Gasteiger partial charge is 0.434 e. The van der Waals surface area contributed by atoms with Crippen LogP contribution in [0.2, 0.25) is 15.1 Å². The third kappa shape index (κ3) is 3.20. The van der Waals surface area contributed by atoms with Gasteiger partial charge in [0.1, 0.15) is 0 Å². The Morgan fingerprint density at radius 3 is 2.14 bits per heavy atom. The highest BCUT2D eigenvalue weighted by molar-refractivity contribution is 6.49. The number of nitrogens with zero attached hydrogens (tertiary/aromatic N) is 1. The second kappa shape index (κ2) is 5.91. The molecule has 0 spiro atoms. The van der Waals surface area contributed by atoms with E-state index in [-0.39, 0.29) is 32.1 Å². The van der Waals surface area contributed by atoms with Gasteiger partial charge in [-0.15, -0.1) is 0 Å². The zero-order valence-electron chi connectivity index (χ0n) is 10.4. The number of aromatic nitrogens is 1. The first kappa shape index (κ1) is 16.2. The van der Waals surface area contributed by atoms with Gasteiger partial charge in [-0.25, -0.2) is 4.98 Å². The minimum absolute atomic E-state index is 0.0141. The molecular formula is C13H7Cl3F3NO. The maximum absolute atomic E-state index is 13.1. The summed E-state index contributed by atoms with van der Waals surface area (Å²) in [5.41, 5.74) is -1.22. The predicted octanol–water partition coefficient (Wildman–Crippen LogP) is 5.74. The van der Waals surface area contributed by atoms with Crippen molar-refractivity contribution < 1.29 is 17.9 Å². The van der Waals surface area contributed by atoms with Crippen molar-refractivity contribution in [3.8, 4) is 17.0 Å². The van der Waals surface area contributed by atoms with Crippen LogP contribution < -0.4 is 4.74 Å². The van der Waals surface area contributed by atoms with Gasteiger partial charge in [-0.3, -0.25) is 0 Å². The predicted molar refractivity (Wildman–Crippen MR) is 76.3 cm³/mol. The minimum Gasteiger partial charge on any atom is -0.481 e.